The lowest BCUT2D eigenvalue weighted by molar-refractivity contribution is 0.365. The van der Waals surface area contributed by atoms with Gasteiger partial charge in [0.15, 0.2) is 5.65 Å². The minimum atomic E-state index is 0.210. The molecule has 0 unspecified atom stereocenters. The summed E-state index contributed by atoms with van der Waals surface area (Å²) in [5.41, 5.74) is 2.52. The van der Waals surface area contributed by atoms with Crippen LogP contribution < -0.4 is 4.90 Å². The molecule has 4 nitrogen and oxygen atoms in total. The zero-order valence-corrected chi connectivity index (χ0v) is 13.0. The summed E-state index contributed by atoms with van der Waals surface area (Å²) in [6, 6.07) is 16.8. The number of hydrogen-bond donors (Lipinski definition) is 0. The van der Waals surface area contributed by atoms with Gasteiger partial charge in [0.05, 0.1) is 0 Å². The van der Waals surface area contributed by atoms with Crippen LogP contribution in [0.25, 0.3) is 5.65 Å². The molecule has 4 heteroatoms. The molecule has 0 amide bonds. The van der Waals surface area contributed by atoms with Crippen molar-refractivity contribution in [3.8, 4) is 0 Å². The maximum atomic E-state index is 4.41. The van der Waals surface area contributed by atoms with Gasteiger partial charge in [-0.25, -0.2) is 0 Å². The van der Waals surface area contributed by atoms with E-state index >= 15 is 0 Å². The van der Waals surface area contributed by atoms with Crippen LogP contribution in [0.4, 0.5) is 5.95 Å². The molecule has 1 aliphatic rings. The maximum Gasteiger partial charge on any atom is 0.231 e. The van der Waals surface area contributed by atoms with E-state index in [-0.39, 0.29) is 5.41 Å². The van der Waals surface area contributed by atoms with Gasteiger partial charge < -0.3 is 4.90 Å². The molecule has 0 N–H and O–H groups in total. The van der Waals surface area contributed by atoms with E-state index < -0.39 is 0 Å². The van der Waals surface area contributed by atoms with Crippen molar-refractivity contribution < 1.29 is 0 Å². The highest BCUT2D eigenvalue weighted by molar-refractivity contribution is 5.48. The van der Waals surface area contributed by atoms with Gasteiger partial charge in [-0.05, 0) is 23.1 Å². The fourth-order valence-corrected chi connectivity index (χ4v) is 3.57. The van der Waals surface area contributed by atoms with Crippen LogP contribution >= 0.6 is 0 Å². The molecule has 1 aromatic carbocycles. The maximum absolute atomic E-state index is 4.41. The molecule has 1 aliphatic heterocycles. The number of benzene rings is 1. The first-order chi connectivity index (χ1) is 10.6. The predicted molar refractivity (Wildman–Crippen MR) is 88.2 cm³/mol. The van der Waals surface area contributed by atoms with Gasteiger partial charge in [-0.1, -0.05) is 50.2 Å². The standard InChI is InChI=1S/C18H20N4/c1-18(2)13-21(12-15(18)14-8-4-3-5-9-14)17-20-19-16-10-6-7-11-22(16)17/h3-11,15H,12-13H2,1-2H3/t15-/m0/s1. The summed E-state index contributed by atoms with van der Waals surface area (Å²) in [6.07, 6.45) is 2.04. The first-order valence-corrected chi connectivity index (χ1v) is 7.75. The van der Waals surface area contributed by atoms with Gasteiger partial charge in [0, 0.05) is 25.2 Å². The van der Waals surface area contributed by atoms with Crippen molar-refractivity contribution in [2.75, 3.05) is 18.0 Å². The van der Waals surface area contributed by atoms with Gasteiger partial charge in [0.25, 0.3) is 0 Å². The van der Waals surface area contributed by atoms with E-state index in [1.54, 1.807) is 0 Å². The number of aromatic nitrogens is 3. The van der Waals surface area contributed by atoms with Crippen molar-refractivity contribution >= 4 is 11.6 Å². The van der Waals surface area contributed by atoms with Crippen LogP contribution in [0.1, 0.15) is 25.3 Å². The molecule has 0 radical (unpaired) electrons. The molecule has 0 saturated carbocycles. The lowest BCUT2D eigenvalue weighted by atomic mass is 9.78. The first-order valence-electron chi connectivity index (χ1n) is 7.75. The molecule has 0 aliphatic carbocycles. The van der Waals surface area contributed by atoms with E-state index in [4.69, 9.17) is 0 Å². The summed E-state index contributed by atoms with van der Waals surface area (Å²) in [4.78, 5) is 2.36. The Labute approximate surface area is 130 Å². The van der Waals surface area contributed by atoms with Crippen molar-refractivity contribution in [3.63, 3.8) is 0 Å². The van der Waals surface area contributed by atoms with Gasteiger partial charge in [-0.15, -0.1) is 10.2 Å². The Morgan fingerprint density at radius 1 is 1.00 bits per heavy atom. The lowest BCUT2D eigenvalue weighted by Gasteiger charge is -2.25. The highest BCUT2D eigenvalue weighted by atomic mass is 15.4. The zero-order chi connectivity index (χ0) is 15.2. The molecule has 0 bridgehead atoms. The fraction of sp³-hybridized carbons (Fsp3) is 0.333. The minimum Gasteiger partial charge on any atom is -0.339 e. The van der Waals surface area contributed by atoms with Crippen molar-refractivity contribution in [3.05, 3.63) is 60.3 Å². The predicted octanol–water partition coefficient (Wildman–Crippen LogP) is 3.36. The van der Waals surface area contributed by atoms with Crippen molar-refractivity contribution in [2.45, 2.75) is 19.8 Å². The van der Waals surface area contributed by atoms with E-state index in [1.807, 2.05) is 24.4 Å². The Hall–Kier alpha value is -2.36. The molecule has 0 spiro atoms. The number of fused-ring (bicyclic) bond motifs is 1. The zero-order valence-electron chi connectivity index (χ0n) is 13.0. The third kappa shape index (κ3) is 2.06. The molecule has 3 heterocycles. The second-order valence-corrected chi connectivity index (χ2v) is 6.76. The quantitative estimate of drug-likeness (QED) is 0.726. The van der Waals surface area contributed by atoms with E-state index in [0.29, 0.717) is 5.92 Å². The lowest BCUT2D eigenvalue weighted by Crippen LogP contribution is -2.24. The van der Waals surface area contributed by atoms with E-state index in [2.05, 4.69) is 63.7 Å². The Morgan fingerprint density at radius 3 is 2.59 bits per heavy atom. The summed E-state index contributed by atoms with van der Waals surface area (Å²) in [6.45, 7) is 6.65. The van der Waals surface area contributed by atoms with Crippen LogP contribution in [-0.4, -0.2) is 27.7 Å². The topological polar surface area (TPSA) is 33.4 Å². The minimum absolute atomic E-state index is 0.210. The van der Waals surface area contributed by atoms with E-state index in [9.17, 15) is 0 Å². The largest absolute Gasteiger partial charge is 0.339 e. The van der Waals surface area contributed by atoms with Gasteiger partial charge in [0.1, 0.15) is 0 Å². The van der Waals surface area contributed by atoms with Crippen LogP contribution in [-0.2, 0) is 0 Å². The normalized spacial score (nSPS) is 20.6. The highest BCUT2D eigenvalue weighted by Crippen LogP contribution is 2.43. The van der Waals surface area contributed by atoms with Crippen molar-refractivity contribution in [1.29, 1.82) is 0 Å². The first kappa shape index (κ1) is 13.3. The SMILES string of the molecule is CC1(C)CN(c2nnc3ccccn23)C[C@H]1c1ccccc1. The molecular formula is C18H20N4. The number of pyridine rings is 1. The number of hydrogen-bond acceptors (Lipinski definition) is 3. The number of nitrogens with zero attached hydrogens (tertiary/aromatic N) is 4. The van der Waals surface area contributed by atoms with Crippen LogP contribution in [0.15, 0.2) is 54.7 Å². The third-order valence-corrected chi connectivity index (χ3v) is 4.73. The molecule has 1 fully saturated rings. The highest BCUT2D eigenvalue weighted by Gasteiger charge is 2.41. The van der Waals surface area contributed by atoms with Gasteiger partial charge in [0.2, 0.25) is 5.95 Å². The van der Waals surface area contributed by atoms with Crippen LogP contribution in [0.5, 0.6) is 0 Å². The van der Waals surface area contributed by atoms with E-state index in [1.165, 1.54) is 5.56 Å². The summed E-state index contributed by atoms with van der Waals surface area (Å²) in [5, 5.41) is 8.69. The summed E-state index contributed by atoms with van der Waals surface area (Å²) in [7, 11) is 0. The van der Waals surface area contributed by atoms with Crippen LogP contribution in [0.3, 0.4) is 0 Å². The smallest absolute Gasteiger partial charge is 0.231 e. The molecular weight excluding hydrogens is 272 g/mol. The van der Waals surface area contributed by atoms with Crippen LogP contribution in [0.2, 0.25) is 0 Å². The Morgan fingerprint density at radius 2 is 1.77 bits per heavy atom. The van der Waals surface area contributed by atoms with Crippen LogP contribution in [0, 0.1) is 5.41 Å². The second-order valence-electron chi connectivity index (χ2n) is 6.76. The van der Waals surface area contributed by atoms with Gasteiger partial charge in [-0.3, -0.25) is 4.40 Å². The number of anilines is 1. The molecule has 2 aromatic heterocycles. The third-order valence-electron chi connectivity index (χ3n) is 4.73. The molecule has 3 aromatic rings. The van der Waals surface area contributed by atoms with E-state index in [0.717, 1.165) is 24.7 Å². The Kier molecular flexibility index (Phi) is 2.93. The number of rotatable bonds is 2. The molecule has 112 valence electrons. The summed E-state index contributed by atoms with van der Waals surface area (Å²) < 4.78 is 2.07. The second kappa shape index (κ2) is 4.83. The Bertz CT molecular complexity index is 791. The Balaban J connectivity index is 1.71. The van der Waals surface area contributed by atoms with Crippen molar-refractivity contribution in [2.24, 2.45) is 5.41 Å². The molecule has 22 heavy (non-hydrogen) atoms. The fourth-order valence-electron chi connectivity index (χ4n) is 3.57. The average molecular weight is 292 g/mol. The van der Waals surface area contributed by atoms with Gasteiger partial charge in [-0.2, -0.15) is 0 Å². The van der Waals surface area contributed by atoms with Crippen molar-refractivity contribution in [1.82, 2.24) is 14.6 Å². The molecule has 4 rings (SSSR count). The van der Waals surface area contributed by atoms with Gasteiger partial charge >= 0.3 is 0 Å². The average Bonchev–Trinajstić information content (AvgIpc) is 3.08. The molecule has 1 atom stereocenters. The molecule has 1 saturated heterocycles. The summed E-state index contributed by atoms with van der Waals surface area (Å²) in [5.74, 6) is 1.45. The summed E-state index contributed by atoms with van der Waals surface area (Å²) >= 11 is 0. The monoisotopic (exact) mass is 292 g/mol.